The van der Waals surface area contributed by atoms with Gasteiger partial charge in [0.15, 0.2) is 6.10 Å². The molecule has 0 spiro atoms. The van der Waals surface area contributed by atoms with Gasteiger partial charge in [-0.15, -0.1) is 0 Å². The smallest absolute Gasteiger partial charge is 0.490 e. The van der Waals surface area contributed by atoms with Gasteiger partial charge in [0.25, 0.3) is 0 Å². The Hall–Kier alpha value is -4.38. The van der Waals surface area contributed by atoms with Crippen LogP contribution in [-0.2, 0) is 0 Å². The monoisotopic (exact) mass is 398 g/mol. The van der Waals surface area contributed by atoms with E-state index in [1.165, 1.54) is 6.08 Å². The average Bonchev–Trinajstić information content (AvgIpc) is 2.80. The van der Waals surface area contributed by atoms with Gasteiger partial charge in [0, 0.05) is 6.08 Å². The first-order valence-corrected chi connectivity index (χ1v) is 8.77. The summed E-state index contributed by atoms with van der Waals surface area (Å²) in [6, 6.07) is 15.8. The maximum Gasteiger partial charge on any atom is 0.519 e. The van der Waals surface area contributed by atoms with E-state index in [4.69, 9.17) is 27.9 Å². The predicted octanol–water partition coefficient (Wildman–Crippen LogP) is 4.21. The molecule has 0 aliphatic carbocycles. The largest absolute Gasteiger partial charge is 0.519 e. The molecule has 0 amide bonds. The van der Waals surface area contributed by atoms with E-state index in [1.807, 2.05) is 6.07 Å². The van der Waals surface area contributed by atoms with E-state index in [2.05, 4.69) is 21.4 Å². The maximum absolute atomic E-state index is 9.57. The number of hydrogen-bond donors (Lipinski definition) is 1. The highest BCUT2D eigenvalue weighted by Gasteiger charge is 2.11. The highest BCUT2D eigenvalue weighted by Crippen LogP contribution is 2.18. The zero-order valence-electron chi connectivity index (χ0n) is 16.0. The Labute approximate surface area is 175 Å². The molecule has 0 heterocycles. The van der Waals surface area contributed by atoms with Crippen LogP contribution in [0, 0.1) is 24.5 Å². The van der Waals surface area contributed by atoms with E-state index >= 15 is 0 Å². The second kappa shape index (κ2) is 11.5. The molecule has 1 unspecified atom stereocenters. The summed E-state index contributed by atoms with van der Waals surface area (Å²) < 4.78 is 11.4. The van der Waals surface area contributed by atoms with Crippen molar-refractivity contribution in [1.82, 2.24) is 0 Å². The number of aliphatic imine (C=N–C) groups is 1. The first-order chi connectivity index (χ1) is 14.6. The first-order valence-electron chi connectivity index (χ1n) is 8.77. The van der Waals surface area contributed by atoms with E-state index < -0.39 is 6.10 Å². The third-order valence-electron chi connectivity index (χ3n) is 3.82. The number of aliphatic hydroxyl groups excluding tert-OH is 1. The lowest BCUT2D eigenvalue weighted by Gasteiger charge is -2.18. The number of nitriles is 1. The molecule has 0 saturated carbocycles. The van der Waals surface area contributed by atoms with Crippen LogP contribution in [0.2, 0.25) is 0 Å². The highest BCUT2D eigenvalue weighted by atomic mass is 16.5. The van der Waals surface area contributed by atoms with Crippen molar-refractivity contribution in [1.29, 1.82) is 5.26 Å². The van der Waals surface area contributed by atoms with Crippen LogP contribution >= 0.6 is 0 Å². The molecule has 2 aromatic rings. The van der Waals surface area contributed by atoms with Gasteiger partial charge in [-0.3, -0.25) is 4.99 Å². The zero-order chi connectivity index (χ0) is 21.8. The third kappa shape index (κ3) is 6.65. The van der Waals surface area contributed by atoms with Crippen molar-refractivity contribution < 1.29 is 14.6 Å². The van der Waals surface area contributed by atoms with Gasteiger partial charge < -0.3 is 14.6 Å². The molecule has 0 saturated heterocycles. The standard InChI is InChI=1S/C23H18N4O3/c1-25-19(14-24)12-17-6-10-21(11-7-17)30-22(15-28)16-29-20-8-4-18(5-9-20)13-23(26-2)27-3/h4-13,22,28H,1,15-16H2. The summed E-state index contributed by atoms with van der Waals surface area (Å²) in [5, 5.41) is 18.4. The molecule has 0 aliphatic rings. The molecular weight excluding hydrogens is 380 g/mol. The summed E-state index contributed by atoms with van der Waals surface area (Å²) >= 11 is 0. The van der Waals surface area contributed by atoms with Gasteiger partial charge >= 0.3 is 5.82 Å². The number of ether oxygens (including phenoxy) is 2. The molecule has 30 heavy (non-hydrogen) atoms. The molecule has 1 atom stereocenters. The quantitative estimate of drug-likeness (QED) is 0.390. The van der Waals surface area contributed by atoms with Crippen LogP contribution in [0.3, 0.4) is 0 Å². The van der Waals surface area contributed by atoms with Crippen LogP contribution in [0.25, 0.3) is 21.8 Å². The Morgan fingerprint density at radius 3 is 2.13 bits per heavy atom. The van der Waals surface area contributed by atoms with Crippen LogP contribution in [0.15, 0.2) is 65.0 Å². The molecule has 0 aliphatic heterocycles. The summed E-state index contributed by atoms with van der Waals surface area (Å²) in [7, 11) is 0. The molecule has 0 aromatic heterocycles. The second-order valence-corrected chi connectivity index (χ2v) is 5.90. The molecule has 148 valence electrons. The van der Waals surface area contributed by atoms with Gasteiger partial charge in [0.05, 0.1) is 6.61 Å². The fourth-order valence-corrected chi connectivity index (χ4v) is 2.32. The summed E-state index contributed by atoms with van der Waals surface area (Å²) in [5.41, 5.74) is 1.71. The van der Waals surface area contributed by atoms with Gasteiger partial charge in [-0.05, 0) is 48.2 Å². The summed E-state index contributed by atoms with van der Waals surface area (Å²) in [6.07, 6.45) is 2.51. The average molecular weight is 398 g/mol. The van der Waals surface area contributed by atoms with Crippen LogP contribution in [-0.4, -0.2) is 31.1 Å². The molecule has 7 nitrogen and oxygen atoms in total. The predicted molar refractivity (Wildman–Crippen MR) is 114 cm³/mol. The minimum atomic E-state index is -0.577. The molecule has 2 aromatic carbocycles. The number of hydrogen-bond acceptors (Lipinski definition) is 5. The Morgan fingerprint density at radius 1 is 1.07 bits per heavy atom. The molecule has 0 radical (unpaired) electrons. The van der Waals surface area contributed by atoms with E-state index in [0.29, 0.717) is 11.5 Å². The molecule has 7 heteroatoms. The number of nitrogens with zero attached hydrogens (tertiary/aromatic N) is 4. The van der Waals surface area contributed by atoms with Crippen LogP contribution in [0.4, 0.5) is 0 Å². The van der Waals surface area contributed by atoms with E-state index in [9.17, 15) is 5.11 Å². The van der Waals surface area contributed by atoms with Crippen molar-refractivity contribution in [2.24, 2.45) is 4.99 Å². The minimum absolute atomic E-state index is 0.0106. The normalized spacial score (nSPS) is 11.2. The van der Waals surface area contributed by atoms with Crippen molar-refractivity contribution in [2.45, 2.75) is 6.10 Å². The Balaban J connectivity index is 1.95. The van der Waals surface area contributed by atoms with Crippen molar-refractivity contribution in [3.63, 3.8) is 0 Å². The van der Waals surface area contributed by atoms with Gasteiger partial charge in [-0.1, -0.05) is 24.3 Å². The summed E-state index contributed by atoms with van der Waals surface area (Å²) in [4.78, 5) is 9.85. The fourth-order valence-electron chi connectivity index (χ4n) is 2.32. The number of aliphatic hydroxyl groups is 1. The summed E-state index contributed by atoms with van der Waals surface area (Å²) in [5.74, 6) is 1.11. The lowest BCUT2D eigenvalue weighted by molar-refractivity contribution is 0.0718. The van der Waals surface area contributed by atoms with E-state index in [-0.39, 0.29) is 24.7 Å². The topological polar surface area (TPSA) is 83.6 Å². The molecule has 0 fully saturated rings. The van der Waals surface area contributed by atoms with Crippen LogP contribution < -0.4 is 9.47 Å². The van der Waals surface area contributed by atoms with Crippen molar-refractivity contribution in [2.75, 3.05) is 13.2 Å². The van der Waals surface area contributed by atoms with Crippen molar-refractivity contribution in [3.05, 3.63) is 94.0 Å². The highest BCUT2D eigenvalue weighted by molar-refractivity contribution is 5.59. The lowest BCUT2D eigenvalue weighted by Crippen LogP contribution is -2.28. The Kier molecular flexibility index (Phi) is 8.37. The molecule has 0 bridgehead atoms. The SMILES string of the molecule is [C-]#[N+]C(=Cc1ccc(OCC(CO)Oc2ccc(C=C(C#N)N=C)cc2)cc1)[N+]#[C-]. The molecular formula is C23H18N4O3. The molecule has 1 N–H and O–H groups in total. The maximum atomic E-state index is 9.57. The Bertz CT molecular complexity index is 1030. The van der Waals surface area contributed by atoms with Crippen molar-refractivity contribution in [3.8, 4) is 17.6 Å². The number of benzene rings is 2. The summed E-state index contributed by atoms with van der Waals surface area (Å²) in [6.45, 7) is 17.0. The third-order valence-corrected chi connectivity index (χ3v) is 3.82. The number of rotatable bonds is 9. The van der Waals surface area contributed by atoms with E-state index in [1.54, 1.807) is 54.6 Å². The zero-order valence-corrected chi connectivity index (χ0v) is 16.0. The Morgan fingerprint density at radius 2 is 1.63 bits per heavy atom. The van der Waals surface area contributed by atoms with Crippen LogP contribution in [0.1, 0.15) is 11.1 Å². The van der Waals surface area contributed by atoms with Gasteiger partial charge in [-0.25, -0.2) is 0 Å². The first kappa shape index (κ1) is 21.9. The molecule has 2 rings (SSSR count). The second-order valence-electron chi connectivity index (χ2n) is 5.90. The fraction of sp³-hybridized carbons (Fsp3) is 0.130. The number of allylic oxidation sites excluding steroid dienone is 1. The minimum Gasteiger partial charge on any atom is -0.490 e. The van der Waals surface area contributed by atoms with Crippen molar-refractivity contribution >= 4 is 18.9 Å². The van der Waals surface area contributed by atoms with Gasteiger partial charge in [0.1, 0.15) is 43.0 Å². The van der Waals surface area contributed by atoms with Gasteiger partial charge in [-0.2, -0.15) is 15.0 Å². The van der Waals surface area contributed by atoms with Gasteiger partial charge in [0.2, 0.25) is 0 Å². The lowest BCUT2D eigenvalue weighted by atomic mass is 10.2. The van der Waals surface area contributed by atoms with E-state index in [0.717, 1.165) is 11.1 Å². The van der Waals surface area contributed by atoms with Crippen LogP contribution in [0.5, 0.6) is 11.5 Å².